The molecule has 1 heterocycles. The standard InChI is InChI=1S/C61H41N3/c1-5-20-42(21-6-1)62(43-22-7-2-8-23-43)46-36-38-56-52(40-46)48-28-13-16-32-54(48)61(56)55-33-17-14-29-49(55)53-41-47(37-39-57(53)61)63(44-24-9-3-10-25-44)59-35-19-31-51-50-30-15-18-34-58(50)64(60(51)59)45-26-11-4-12-27-45/h1-41H/i1D,5D,6D,20D,21D. The summed E-state index contributed by atoms with van der Waals surface area (Å²) in [4.78, 5) is 4.20. The maximum atomic E-state index is 9.08. The summed E-state index contributed by atoms with van der Waals surface area (Å²) in [5.74, 6) is 0. The van der Waals surface area contributed by atoms with Crippen molar-refractivity contribution in [2.45, 2.75) is 5.41 Å². The topological polar surface area (TPSA) is 11.4 Å². The minimum Gasteiger partial charge on any atom is -0.310 e. The molecule has 0 saturated heterocycles. The lowest BCUT2D eigenvalue weighted by Crippen LogP contribution is -2.26. The predicted octanol–water partition coefficient (Wildman–Crippen LogP) is 16.1. The van der Waals surface area contributed by atoms with Crippen LogP contribution in [0.15, 0.2) is 249 Å². The summed E-state index contributed by atoms with van der Waals surface area (Å²) in [6, 6.07) is 75.1. The van der Waals surface area contributed by atoms with E-state index in [1.54, 1.807) is 4.90 Å². The summed E-state index contributed by atoms with van der Waals surface area (Å²) in [5.41, 5.74) is 16.4. The van der Waals surface area contributed by atoms with Crippen molar-refractivity contribution in [2.24, 2.45) is 0 Å². The van der Waals surface area contributed by atoms with Crippen molar-refractivity contribution in [1.82, 2.24) is 4.57 Å². The number of aromatic nitrogens is 1. The van der Waals surface area contributed by atoms with E-state index in [0.717, 1.165) is 61.6 Å². The van der Waals surface area contributed by atoms with E-state index in [9.17, 15) is 0 Å². The lowest BCUT2D eigenvalue weighted by molar-refractivity contribution is 0.794. The Morgan fingerprint density at radius 3 is 1.50 bits per heavy atom. The van der Waals surface area contributed by atoms with Gasteiger partial charge in [-0.3, -0.25) is 0 Å². The van der Waals surface area contributed by atoms with E-state index in [4.69, 9.17) is 6.85 Å². The molecule has 0 N–H and O–H groups in total. The molecule has 11 aromatic rings. The van der Waals surface area contributed by atoms with Gasteiger partial charge < -0.3 is 14.4 Å². The van der Waals surface area contributed by atoms with Gasteiger partial charge in [-0.05, 0) is 129 Å². The first-order chi connectivity index (χ1) is 33.9. The molecule has 1 unspecified atom stereocenters. The van der Waals surface area contributed by atoms with Crippen LogP contribution in [0.2, 0.25) is 0 Å². The Kier molecular flexibility index (Phi) is 7.04. The van der Waals surface area contributed by atoms with Crippen LogP contribution in [0.5, 0.6) is 0 Å². The van der Waals surface area contributed by atoms with Crippen LogP contribution in [0.4, 0.5) is 34.1 Å². The molecule has 300 valence electrons. The van der Waals surface area contributed by atoms with Crippen LogP contribution in [0.3, 0.4) is 0 Å². The maximum Gasteiger partial charge on any atom is 0.0782 e. The average Bonchev–Trinajstić information content (AvgIpc) is 4.01. The smallest absolute Gasteiger partial charge is 0.0782 e. The zero-order chi connectivity index (χ0) is 46.5. The second kappa shape index (κ2) is 14.3. The van der Waals surface area contributed by atoms with Gasteiger partial charge in [0.1, 0.15) is 0 Å². The Morgan fingerprint density at radius 1 is 0.359 bits per heavy atom. The van der Waals surface area contributed by atoms with E-state index in [-0.39, 0.29) is 29.9 Å². The fourth-order valence-corrected chi connectivity index (χ4v) is 10.8. The number of benzene rings is 10. The Balaban J connectivity index is 1.04. The molecule has 0 amide bonds. The van der Waals surface area contributed by atoms with Crippen LogP contribution in [0, 0.1) is 0 Å². The summed E-state index contributed by atoms with van der Waals surface area (Å²) >= 11 is 0. The van der Waals surface area contributed by atoms with E-state index >= 15 is 0 Å². The van der Waals surface area contributed by atoms with Crippen molar-refractivity contribution >= 4 is 55.9 Å². The third-order valence-corrected chi connectivity index (χ3v) is 13.2. The fraction of sp³-hybridized carbons (Fsp3) is 0.0164. The molecule has 2 aliphatic rings. The highest BCUT2D eigenvalue weighted by Crippen LogP contribution is 2.64. The minimum atomic E-state index is -0.666. The number of nitrogens with zero attached hydrogens (tertiary/aromatic N) is 3. The lowest BCUT2D eigenvalue weighted by Gasteiger charge is -2.32. The molecule has 0 saturated carbocycles. The number of anilines is 6. The Hall–Kier alpha value is -8.40. The summed E-state index contributed by atoms with van der Waals surface area (Å²) in [5, 5.41) is 2.37. The first kappa shape index (κ1) is 31.4. The van der Waals surface area contributed by atoms with E-state index in [1.807, 2.05) is 36.4 Å². The highest BCUT2D eigenvalue weighted by molar-refractivity contribution is 6.14. The van der Waals surface area contributed by atoms with Crippen LogP contribution >= 0.6 is 0 Å². The van der Waals surface area contributed by atoms with Crippen molar-refractivity contribution < 1.29 is 6.85 Å². The summed E-state index contributed by atoms with van der Waals surface area (Å²) in [7, 11) is 0. The third-order valence-electron chi connectivity index (χ3n) is 13.2. The SMILES string of the molecule is [2H]c1c([2H])c([2H])c(N(c2ccccc2)c2ccc3c(c2)-c2ccccc2C32c3ccccc3-c3cc(N(c4ccccc4)c4cccc5c6ccccc6n(-c6ccccc6)c45)ccc32)c([2H])c1[2H]. The monoisotopic (exact) mass is 820 g/mol. The summed E-state index contributed by atoms with van der Waals surface area (Å²) < 4.78 is 46.2. The fourth-order valence-electron chi connectivity index (χ4n) is 10.8. The van der Waals surface area contributed by atoms with Crippen molar-refractivity contribution in [3.05, 3.63) is 271 Å². The van der Waals surface area contributed by atoms with Gasteiger partial charge >= 0.3 is 0 Å². The number of hydrogen-bond donors (Lipinski definition) is 0. The van der Waals surface area contributed by atoms with Crippen LogP contribution in [-0.2, 0) is 5.41 Å². The number of rotatable bonds is 7. The molecular formula is C61H41N3. The van der Waals surface area contributed by atoms with E-state index in [1.165, 1.54) is 27.5 Å². The van der Waals surface area contributed by atoms with Gasteiger partial charge in [-0.15, -0.1) is 0 Å². The lowest BCUT2D eigenvalue weighted by atomic mass is 9.70. The third kappa shape index (κ3) is 5.22. The van der Waals surface area contributed by atoms with Gasteiger partial charge in [-0.25, -0.2) is 0 Å². The van der Waals surface area contributed by atoms with Gasteiger partial charge in [-0.1, -0.05) is 164 Å². The molecule has 10 aromatic carbocycles. The second-order valence-corrected chi connectivity index (χ2v) is 16.5. The zero-order valence-electron chi connectivity index (χ0n) is 39.6. The highest BCUT2D eigenvalue weighted by atomic mass is 15.2. The molecule has 3 nitrogen and oxygen atoms in total. The molecule has 0 radical (unpaired) electrons. The molecule has 64 heavy (non-hydrogen) atoms. The predicted molar refractivity (Wildman–Crippen MR) is 266 cm³/mol. The van der Waals surface area contributed by atoms with Crippen molar-refractivity contribution in [2.75, 3.05) is 9.80 Å². The van der Waals surface area contributed by atoms with Crippen LogP contribution in [0.25, 0.3) is 49.7 Å². The van der Waals surface area contributed by atoms with Crippen molar-refractivity contribution in [3.63, 3.8) is 0 Å². The van der Waals surface area contributed by atoms with E-state index < -0.39 is 11.5 Å². The first-order valence-electron chi connectivity index (χ1n) is 24.2. The molecular weight excluding hydrogens is 775 g/mol. The van der Waals surface area contributed by atoms with Gasteiger partial charge in [0.2, 0.25) is 0 Å². The molecule has 3 heteroatoms. The normalized spacial score (nSPS) is 15.4. The molecule has 1 spiro atoms. The average molecular weight is 821 g/mol. The van der Waals surface area contributed by atoms with Gasteiger partial charge in [0, 0.05) is 44.9 Å². The Morgan fingerprint density at radius 2 is 0.859 bits per heavy atom. The van der Waals surface area contributed by atoms with E-state index in [0.29, 0.717) is 11.4 Å². The van der Waals surface area contributed by atoms with Gasteiger partial charge in [0.15, 0.2) is 0 Å². The van der Waals surface area contributed by atoms with Gasteiger partial charge in [0.25, 0.3) is 0 Å². The second-order valence-electron chi connectivity index (χ2n) is 16.5. The van der Waals surface area contributed by atoms with Crippen LogP contribution in [-0.4, -0.2) is 4.57 Å². The van der Waals surface area contributed by atoms with E-state index in [2.05, 4.69) is 191 Å². The number of hydrogen-bond acceptors (Lipinski definition) is 2. The quantitative estimate of drug-likeness (QED) is 0.159. The van der Waals surface area contributed by atoms with Crippen LogP contribution < -0.4 is 9.80 Å². The molecule has 2 aliphatic carbocycles. The summed E-state index contributed by atoms with van der Waals surface area (Å²) in [6.07, 6.45) is 0. The zero-order valence-corrected chi connectivity index (χ0v) is 34.6. The van der Waals surface area contributed by atoms with Gasteiger partial charge in [-0.2, -0.15) is 0 Å². The maximum absolute atomic E-state index is 9.08. The number of fused-ring (bicyclic) bond motifs is 13. The van der Waals surface area contributed by atoms with Gasteiger partial charge in [0.05, 0.1) is 29.0 Å². The van der Waals surface area contributed by atoms with Crippen LogP contribution in [0.1, 0.15) is 29.1 Å². The largest absolute Gasteiger partial charge is 0.310 e. The van der Waals surface area contributed by atoms with Crippen molar-refractivity contribution in [3.8, 4) is 27.9 Å². The Labute approximate surface area is 380 Å². The first-order valence-corrected chi connectivity index (χ1v) is 21.7. The molecule has 0 aliphatic heterocycles. The molecule has 1 aromatic heterocycles. The molecule has 0 fully saturated rings. The minimum absolute atomic E-state index is 0.0973. The number of para-hydroxylation sites is 6. The summed E-state index contributed by atoms with van der Waals surface area (Å²) in [6.45, 7) is 0. The molecule has 0 bridgehead atoms. The van der Waals surface area contributed by atoms with Crippen molar-refractivity contribution in [1.29, 1.82) is 0 Å². The molecule has 13 rings (SSSR count). The molecule has 1 atom stereocenters. The highest BCUT2D eigenvalue weighted by Gasteiger charge is 2.51. The Bertz CT molecular complexity index is 3840.